The molecule has 0 spiro atoms. The lowest BCUT2D eigenvalue weighted by molar-refractivity contribution is -0.123. The van der Waals surface area contributed by atoms with Crippen LogP contribution in [0.15, 0.2) is 42.5 Å². The molecule has 1 N–H and O–H groups in total. The first-order valence-corrected chi connectivity index (χ1v) is 12.5. The van der Waals surface area contributed by atoms with Crippen molar-refractivity contribution in [3.8, 4) is 5.75 Å². The number of para-hydroxylation sites is 2. The van der Waals surface area contributed by atoms with Gasteiger partial charge in [-0.25, -0.2) is 4.98 Å². The molecule has 1 heterocycles. The molecular formula is C28H39N3O2. The Morgan fingerprint density at radius 2 is 1.70 bits per heavy atom. The average molecular weight is 450 g/mol. The van der Waals surface area contributed by atoms with Crippen molar-refractivity contribution < 1.29 is 9.53 Å². The van der Waals surface area contributed by atoms with Crippen LogP contribution in [0.4, 0.5) is 0 Å². The van der Waals surface area contributed by atoms with Gasteiger partial charge in [0.1, 0.15) is 11.6 Å². The maximum Gasteiger partial charge on any atom is 0.258 e. The topological polar surface area (TPSA) is 56.2 Å². The maximum atomic E-state index is 12.4. The number of hydrogen-bond donors (Lipinski definition) is 1. The van der Waals surface area contributed by atoms with Gasteiger partial charge < -0.3 is 14.6 Å². The highest BCUT2D eigenvalue weighted by Crippen LogP contribution is 2.20. The van der Waals surface area contributed by atoms with Gasteiger partial charge in [-0.15, -0.1) is 0 Å². The number of benzene rings is 2. The molecule has 0 aliphatic carbocycles. The minimum atomic E-state index is -0.137. The van der Waals surface area contributed by atoms with E-state index in [1.807, 2.05) is 44.2 Å². The summed E-state index contributed by atoms with van der Waals surface area (Å²) in [5.41, 5.74) is 4.26. The van der Waals surface area contributed by atoms with Crippen LogP contribution in [0.3, 0.4) is 0 Å². The fourth-order valence-corrected chi connectivity index (χ4v) is 4.15. The molecular weight excluding hydrogens is 410 g/mol. The van der Waals surface area contributed by atoms with Gasteiger partial charge in [-0.1, -0.05) is 76.1 Å². The van der Waals surface area contributed by atoms with Gasteiger partial charge in [-0.2, -0.15) is 0 Å². The molecule has 0 aliphatic heterocycles. The van der Waals surface area contributed by atoms with E-state index in [-0.39, 0.29) is 12.5 Å². The Bertz CT molecular complexity index is 1030. The summed E-state index contributed by atoms with van der Waals surface area (Å²) in [6, 6.07) is 14.2. The van der Waals surface area contributed by atoms with Crippen LogP contribution in [0.25, 0.3) is 11.0 Å². The van der Waals surface area contributed by atoms with Gasteiger partial charge in [0.25, 0.3) is 5.91 Å². The Balaban J connectivity index is 1.51. The predicted molar refractivity (Wildman–Crippen MR) is 136 cm³/mol. The molecule has 0 atom stereocenters. The van der Waals surface area contributed by atoms with Crippen LogP contribution in [-0.4, -0.2) is 22.1 Å². The number of rotatable bonds is 14. The number of aryl methyl sites for hydroxylation is 3. The number of aromatic nitrogens is 2. The molecule has 5 nitrogen and oxygen atoms in total. The molecule has 0 aliphatic rings. The van der Waals surface area contributed by atoms with Gasteiger partial charge in [-0.05, 0) is 49.6 Å². The van der Waals surface area contributed by atoms with Crippen molar-refractivity contribution in [2.24, 2.45) is 0 Å². The van der Waals surface area contributed by atoms with Crippen molar-refractivity contribution in [1.29, 1.82) is 0 Å². The van der Waals surface area contributed by atoms with Crippen LogP contribution in [0.1, 0.15) is 75.2 Å². The fraction of sp³-hybridized carbons (Fsp3) is 0.500. The Kier molecular flexibility index (Phi) is 9.79. The fourth-order valence-electron chi connectivity index (χ4n) is 4.15. The van der Waals surface area contributed by atoms with Gasteiger partial charge in [0.15, 0.2) is 6.61 Å². The summed E-state index contributed by atoms with van der Waals surface area (Å²) in [6.45, 7) is 7.60. The molecule has 33 heavy (non-hydrogen) atoms. The third-order valence-electron chi connectivity index (χ3n) is 6.11. The van der Waals surface area contributed by atoms with Crippen molar-refractivity contribution >= 4 is 16.9 Å². The van der Waals surface area contributed by atoms with E-state index < -0.39 is 0 Å². The number of hydrogen-bond acceptors (Lipinski definition) is 3. The van der Waals surface area contributed by atoms with Crippen LogP contribution in [0.2, 0.25) is 0 Å². The molecule has 0 radical (unpaired) electrons. The van der Waals surface area contributed by atoms with Gasteiger partial charge in [0.05, 0.1) is 17.6 Å². The average Bonchev–Trinajstić information content (AvgIpc) is 3.17. The number of nitrogens with zero attached hydrogens (tertiary/aromatic N) is 2. The zero-order chi connectivity index (χ0) is 23.5. The summed E-state index contributed by atoms with van der Waals surface area (Å²) >= 11 is 0. The molecule has 5 heteroatoms. The third-order valence-corrected chi connectivity index (χ3v) is 6.11. The van der Waals surface area contributed by atoms with Crippen molar-refractivity contribution in [2.75, 3.05) is 6.61 Å². The quantitative estimate of drug-likeness (QED) is 0.286. The van der Waals surface area contributed by atoms with Crippen molar-refractivity contribution in [3.63, 3.8) is 0 Å². The van der Waals surface area contributed by atoms with Crippen LogP contribution >= 0.6 is 0 Å². The first kappa shape index (κ1) is 24.8. The summed E-state index contributed by atoms with van der Waals surface area (Å²) in [5.74, 6) is 1.52. The summed E-state index contributed by atoms with van der Waals surface area (Å²) in [5, 5.41) is 2.99. The molecule has 0 saturated carbocycles. The van der Waals surface area contributed by atoms with E-state index in [4.69, 9.17) is 9.72 Å². The zero-order valence-corrected chi connectivity index (χ0v) is 20.5. The Labute approximate surface area is 198 Å². The second-order valence-corrected chi connectivity index (χ2v) is 8.98. The summed E-state index contributed by atoms with van der Waals surface area (Å²) in [4.78, 5) is 17.2. The minimum absolute atomic E-state index is 0.00253. The van der Waals surface area contributed by atoms with E-state index in [1.54, 1.807) is 0 Å². The van der Waals surface area contributed by atoms with Gasteiger partial charge in [-0.3, -0.25) is 4.79 Å². The molecule has 3 rings (SSSR count). The summed E-state index contributed by atoms with van der Waals surface area (Å²) in [6.07, 6.45) is 10.3. The van der Waals surface area contributed by atoms with E-state index in [0.717, 1.165) is 46.7 Å². The monoisotopic (exact) mass is 449 g/mol. The van der Waals surface area contributed by atoms with Gasteiger partial charge in [0.2, 0.25) is 0 Å². The number of fused-ring (bicyclic) bond motifs is 1. The number of unbranched alkanes of at least 4 members (excludes halogenated alkanes) is 7. The first-order valence-electron chi connectivity index (χ1n) is 12.5. The molecule has 0 saturated heterocycles. The zero-order valence-electron chi connectivity index (χ0n) is 20.5. The van der Waals surface area contributed by atoms with E-state index in [1.165, 1.54) is 44.9 Å². The van der Waals surface area contributed by atoms with Crippen molar-refractivity contribution in [3.05, 3.63) is 59.4 Å². The molecule has 2 aromatic carbocycles. The number of carbonyl (C=O) groups excluding carboxylic acids is 1. The minimum Gasteiger partial charge on any atom is -0.483 e. The van der Waals surface area contributed by atoms with Crippen LogP contribution in [0, 0.1) is 13.8 Å². The first-order chi connectivity index (χ1) is 16.1. The van der Waals surface area contributed by atoms with Gasteiger partial charge in [0, 0.05) is 6.54 Å². The van der Waals surface area contributed by atoms with E-state index >= 15 is 0 Å². The molecule has 0 bridgehead atoms. The Hall–Kier alpha value is -2.82. The van der Waals surface area contributed by atoms with E-state index in [0.29, 0.717) is 6.54 Å². The van der Waals surface area contributed by atoms with Gasteiger partial charge >= 0.3 is 0 Å². The molecule has 178 valence electrons. The predicted octanol–water partition coefficient (Wildman–Crippen LogP) is 6.49. The molecule has 3 aromatic rings. The third kappa shape index (κ3) is 7.62. The number of imidazole rings is 1. The lowest BCUT2D eigenvalue weighted by Gasteiger charge is -2.12. The van der Waals surface area contributed by atoms with Crippen LogP contribution < -0.4 is 10.1 Å². The van der Waals surface area contributed by atoms with Crippen LogP contribution in [0.5, 0.6) is 5.75 Å². The number of amides is 1. The summed E-state index contributed by atoms with van der Waals surface area (Å²) in [7, 11) is 0. The molecule has 0 fully saturated rings. The number of carbonyl (C=O) groups is 1. The Morgan fingerprint density at radius 1 is 0.970 bits per heavy atom. The highest BCUT2D eigenvalue weighted by atomic mass is 16.5. The number of nitrogens with one attached hydrogen (secondary N) is 1. The largest absolute Gasteiger partial charge is 0.483 e. The SMILES string of the molecule is CCCCCCCCCCn1c(CNC(=O)COc2cc(C)ccc2C)nc2ccccc21. The van der Waals surface area contributed by atoms with E-state index in [2.05, 4.69) is 28.9 Å². The van der Waals surface area contributed by atoms with Crippen molar-refractivity contribution in [2.45, 2.75) is 85.2 Å². The highest BCUT2D eigenvalue weighted by Gasteiger charge is 2.12. The highest BCUT2D eigenvalue weighted by molar-refractivity contribution is 5.78. The van der Waals surface area contributed by atoms with E-state index in [9.17, 15) is 4.79 Å². The Morgan fingerprint density at radius 3 is 2.48 bits per heavy atom. The lowest BCUT2D eigenvalue weighted by Crippen LogP contribution is -2.29. The molecule has 1 aromatic heterocycles. The maximum absolute atomic E-state index is 12.4. The lowest BCUT2D eigenvalue weighted by atomic mass is 10.1. The van der Waals surface area contributed by atoms with Crippen molar-refractivity contribution in [1.82, 2.24) is 14.9 Å². The van der Waals surface area contributed by atoms with Crippen LogP contribution in [-0.2, 0) is 17.9 Å². The number of ether oxygens (including phenoxy) is 1. The second kappa shape index (κ2) is 13.0. The summed E-state index contributed by atoms with van der Waals surface area (Å²) < 4.78 is 8.01. The smallest absolute Gasteiger partial charge is 0.258 e. The standard InChI is InChI=1S/C28H39N3O2/c1-4-5-6-7-8-9-10-13-18-31-25-15-12-11-14-24(25)30-27(31)20-29-28(32)21-33-26-19-22(2)16-17-23(26)3/h11-12,14-17,19H,4-10,13,18,20-21H2,1-3H3,(H,29,32). The molecule has 1 amide bonds. The second-order valence-electron chi connectivity index (χ2n) is 8.98. The molecule has 0 unspecified atom stereocenters. The normalized spacial score (nSPS) is 11.1.